The van der Waals surface area contributed by atoms with Crippen LogP contribution in [0.1, 0.15) is 26.7 Å². The van der Waals surface area contributed by atoms with Gasteiger partial charge in [0.05, 0.1) is 11.5 Å². The van der Waals surface area contributed by atoms with Crippen molar-refractivity contribution in [3.05, 3.63) is 0 Å². The summed E-state index contributed by atoms with van der Waals surface area (Å²) in [6.07, 6.45) is 0.806. The second kappa shape index (κ2) is 5.13. The first-order chi connectivity index (χ1) is 8.19. The van der Waals surface area contributed by atoms with E-state index in [1.54, 1.807) is 0 Å². The minimum Gasteiger partial charge on any atom is -0.409 e. The zero-order chi connectivity index (χ0) is 14.0. The van der Waals surface area contributed by atoms with Gasteiger partial charge in [-0.15, -0.1) is 0 Å². The molecular weight excluding hydrogens is 258 g/mol. The van der Waals surface area contributed by atoms with Gasteiger partial charge < -0.3 is 16.3 Å². The molecule has 0 aromatic carbocycles. The van der Waals surface area contributed by atoms with Crippen molar-refractivity contribution in [3.8, 4) is 0 Å². The van der Waals surface area contributed by atoms with E-state index in [2.05, 4.69) is 10.5 Å². The third kappa shape index (κ3) is 3.34. The summed E-state index contributed by atoms with van der Waals surface area (Å²) in [5, 5.41) is 14.2. The lowest BCUT2D eigenvalue weighted by Gasteiger charge is -2.28. The highest BCUT2D eigenvalue weighted by atomic mass is 32.2. The van der Waals surface area contributed by atoms with Crippen molar-refractivity contribution < 1.29 is 18.4 Å². The number of oxime groups is 1. The number of carbonyl (C=O) groups excluding carboxylic acids is 1. The molecule has 0 spiro atoms. The summed E-state index contributed by atoms with van der Waals surface area (Å²) in [6.45, 7) is 3.08. The number of nitrogens with two attached hydrogens (primary N) is 1. The summed E-state index contributed by atoms with van der Waals surface area (Å²) in [6, 6.07) is -0.174. The molecule has 1 rings (SSSR count). The SMILES string of the molecule is CC(C)(C(=O)NC1CCS(=O)(=O)CC1)C(N)=NO. The second-order valence-electron chi connectivity index (χ2n) is 5.01. The highest BCUT2D eigenvalue weighted by molar-refractivity contribution is 7.91. The molecule has 1 heterocycles. The van der Waals surface area contributed by atoms with Gasteiger partial charge in [-0.1, -0.05) is 5.16 Å². The average Bonchev–Trinajstić information content (AvgIpc) is 2.30. The highest BCUT2D eigenvalue weighted by Crippen LogP contribution is 2.18. The standard InChI is InChI=1S/C10H19N3O4S/c1-10(2,8(11)13-15)9(14)12-7-3-5-18(16,17)6-4-7/h7,15H,3-6H2,1-2H3,(H2,11,13)(H,12,14). The molecule has 0 unspecified atom stereocenters. The zero-order valence-electron chi connectivity index (χ0n) is 10.5. The smallest absolute Gasteiger partial charge is 0.233 e. The molecule has 0 bridgehead atoms. The third-order valence-electron chi connectivity index (χ3n) is 3.21. The molecule has 104 valence electrons. The fourth-order valence-electron chi connectivity index (χ4n) is 1.64. The zero-order valence-corrected chi connectivity index (χ0v) is 11.3. The van der Waals surface area contributed by atoms with Gasteiger partial charge in [0.1, 0.15) is 15.3 Å². The van der Waals surface area contributed by atoms with Crippen LogP contribution in [0, 0.1) is 5.41 Å². The van der Waals surface area contributed by atoms with Crippen molar-refractivity contribution >= 4 is 21.6 Å². The Kier molecular flexibility index (Phi) is 4.20. The predicted octanol–water partition coefficient (Wildman–Crippen LogP) is -0.548. The maximum absolute atomic E-state index is 12.0. The molecule has 0 aromatic rings. The van der Waals surface area contributed by atoms with Crippen LogP contribution in [0.4, 0.5) is 0 Å². The van der Waals surface area contributed by atoms with Gasteiger partial charge in [-0.05, 0) is 26.7 Å². The predicted molar refractivity (Wildman–Crippen MR) is 67.0 cm³/mol. The molecule has 7 nitrogen and oxygen atoms in total. The normalized spacial score (nSPS) is 21.6. The van der Waals surface area contributed by atoms with Crippen LogP contribution in [0.3, 0.4) is 0 Å². The fourth-order valence-corrected chi connectivity index (χ4v) is 3.13. The van der Waals surface area contributed by atoms with Gasteiger partial charge in [0.15, 0.2) is 5.84 Å². The van der Waals surface area contributed by atoms with Crippen LogP contribution >= 0.6 is 0 Å². The summed E-state index contributed by atoms with van der Waals surface area (Å²) in [7, 11) is -2.95. The molecular formula is C10H19N3O4S. The van der Waals surface area contributed by atoms with Gasteiger partial charge in [-0.3, -0.25) is 4.79 Å². The molecule has 1 aliphatic heterocycles. The number of nitrogens with zero attached hydrogens (tertiary/aromatic N) is 1. The van der Waals surface area contributed by atoms with Crippen LogP contribution in [0.5, 0.6) is 0 Å². The quantitative estimate of drug-likeness (QED) is 0.276. The van der Waals surface area contributed by atoms with Crippen molar-refractivity contribution in [2.75, 3.05) is 11.5 Å². The Morgan fingerprint density at radius 2 is 1.89 bits per heavy atom. The fraction of sp³-hybridized carbons (Fsp3) is 0.800. The maximum Gasteiger partial charge on any atom is 0.233 e. The topological polar surface area (TPSA) is 122 Å². The molecule has 1 fully saturated rings. The Morgan fingerprint density at radius 1 is 1.39 bits per heavy atom. The first-order valence-corrected chi connectivity index (χ1v) is 7.50. The van der Waals surface area contributed by atoms with E-state index in [4.69, 9.17) is 10.9 Å². The Morgan fingerprint density at radius 3 is 2.33 bits per heavy atom. The number of amides is 1. The second-order valence-corrected chi connectivity index (χ2v) is 7.31. The van der Waals surface area contributed by atoms with Crippen molar-refractivity contribution in [1.29, 1.82) is 0 Å². The molecule has 8 heteroatoms. The van der Waals surface area contributed by atoms with Gasteiger partial charge in [0.2, 0.25) is 5.91 Å². The summed E-state index contributed by atoms with van der Waals surface area (Å²) in [5.74, 6) is -0.380. The average molecular weight is 277 g/mol. The molecule has 0 radical (unpaired) electrons. The van der Waals surface area contributed by atoms with Crippen molar-refractivity contribution in [1.82, 2.24) is 5.32 Å². The van der Waals surface area contributed by atoms with Crippen molar-refractivity contribution in [2.24, 2.45) is 16.3 Å². The number of carbonyl (C=O) groups is 1. The summed E-state index contributed by atoms with van der Waals surface area (Å²) in [4.78, 5) is 12.0. The number of rotatable bonds is 3. The molecule has 4 N–H and O–H groups in total. The monoisotopic (exact) mass is 277 g/mol. The van der Waals surface area contributed by atoms with Crippen LogP contribution < -0.4 is 11.1 Å². The number of nitrogens with one attached hydrogen (secondary N) is 1. The number of amidine groups is 1. The molecule has 1 saturated heterocycles. The Labute approximate surface area is 106 Å². The summed E-state index contributed by atoms with van der Waals surface area (Å²) < 4.78 is 22.5. The Bertz CT molecular complexity index is 442. The molecule has 0 aromatic heterocycles. The van der Waals surface area contributed by atoms with Crippen molar-refractivity contribution in [3.63, 3.8) is 0 Å². The lowest BCUT2D eigenvalue weighted by atomic mass is 9.90. The molecule has 0 atom stereocenters. The van der Waals surface area contributed by atoms with E-state index in [-0.39, 0.29) is 29.3 Å². The van der Waals surface area contributed by atoms with Gasteiger partial charge in [-0.2, -0.15) is 0 Å². The lowest BCUT2D eigenvalue weighted by molar-refractivity contribution is -0.127. The maximum atomic E-state index is 12.0. The minimum atomic E-state index is -2.95. The molecule has 0 saturated carbocycles. The van der Waals surface area contributed by atoms with Crippen LogP contribution in [0.2, 0.25) is 0 Å². The lowest BCUT2D eigenvalue weighted by Crippen LogP contribution is -2.50. The van der Waals surface area contributed by atoms with E-state index in [1.165, 1.54) is 13.8 Å². The van der Waals surface area contributed by atoms with E-state index in [0.29, 0.717) is 12.8 Å². The number of hydrogen-bond donors (Lipinski definition) is 3. The van der Waals surface area contributed by atoms with Crippen LogP contribution in [-0.2, 0) is 14.6 Å². The molecule has 18 heavy (non-hydrogen) atoms. The number of sulfone groups is 1. The van der Waals surface area contributed by atoms with Gasteiger partial charge in [0, 0.05) is 6.04 Å². The Balaban J connectivity index is 2.62. The van der Waals surface area contributed by atoms with E-state index in [1.807, 2.05) is 0 Å². The van der Waals surface area contributed by atoms with Crippen molar-refractivity contribution in [2.45, 2.75) is 32.7 Å². The molecule has 0 aliphatic carbocycles. The van der Waals surface area contributed by atoms with Crippen LogP contribution in [0.25, 0.3) is 0 Å². The van der Waals surface area contributed by atoms with Gasteiger partial charge in [-0.25, -0.2) is 8.42 Å². The van der Waals surface area contributed by atoms with Gasteiger partial charge in [0.25, 0.3) is 0 Å². The minimum absolute atomic E-state index is 0.0853. The van der Waals surface area contributed by atoms with E-state index in [0.717, 1.165) is 0 Å². The largest absolute Gasteiger partial charge is 0.409 e. The van der Waals surface area contributed by atoms with E-state index < -0.39 is 15.3 Å². The first-order valence-electron chi connectivity index (χ1n) is 5.68. The Hall–Kier alpha value is -1.31. The number of hydrogen-bond acceptors (Lipinski definition) is 5. The van der Waals surface area contributed by atoms with Crippen LogP contribution in [-0.4, -0.2) is 42.9 Å². The first kappa shape index (κ1) is 14.7. The molecule has 1 amide bonds. The van der Waals surface area contributed by atoms with Crippen LogP contribution in [0.15, 0.2) is 5.16 Å². The van der Waals surface area contributed by atoms with E-state index in [9.17, 15) is 13.2 Å². The van der Waals surface area contributed by atoms with E-state index >= 15 is 0 Å². The summed E-state index contributed by atoms with van der Waals surface area (Å²) in [5.41, 5.74) is 4.32. The molecule has 1 aliphatic rings. The summed E-state index contributed by atoms with van der Waals surface area (Å²) >= 11 is 0. The highest BCUT2D eigenvalue weighted by Gasteiger charge is 2.35. The van der Waals surface area contributed by atoms with Gasteiger partial charge >= 0.3 is 0 Å². The third-order valence-corrected chi connectivity index (χ3v) is 4.92.